The Balaban J connectivity index is 1.57. The lowest BCUT2D eigenvalue weighted by molar-refractivity contribution is 0.108. The highest BCUT2D eigenvalue weighted by Crippen LogP contribution is 2.30. The van der Waals surface area contributed by atoms with Crippen LogP contribution in [0.4, 0.5) is 0 Å². The van der Waals surface area contributed by atoms with Crippen molar-refractivity contribution in [3.05, 3.63) is 77.4 Å². The van der Waals surface area contributed by atoms with Gasteiger partial charge in [-0.2, -0.15) is 5.10 Å². The summed E-state index contributed by atoms with van der Waals surface area (Å²) in [6.45, 7) is 4.03. The third-order valence-electron chi connectivity index (χ3n) is 5.01. The normalized spacial score (nSPS) is 17.4. The lowest BCUT2D eigenvalue weighted by Crippen LogP contribution is -2.36. The summed E-state index contributed by atoms with van der Waals surface area (Å²) in [5.41, 5.74) is 6.08. The molecule has 1 aromatic heterocycles. The summed E-state index contributed by atoms with van der Waals surface area (Å²) < 4.78 is 1.78. The Labute approximate surface area is 147 Å². The number of fused-ring (bicyclic) bond motifs is 1. The molecule has 1 aliphatic rings. The van der Waals surface area contributed by atoms with Crippen molar-refractivity contribution >= 4 is 0 Å². The maximum Gasteiger partial charge on any atom is 0.138 e. The molecule has 1 unspecified atom stereocenters. The fourth-order valence-electron chi connectivity index (χ4n) is 3.75. The van der Waals surface area contributed by atoms with Gasteiger partial charge in [0.05, 0.1) is 18.3 Å². The molecule has 3 aromatic rings. The molecular weight excluding hydrogens is 312 g/mol. The first-order valence-electron chi connectivity index (χ1n) is 8.63. The first kappa shape index (κ1) is 16.0. The van der Waals surface area contributed by atoms with Gasteiger partial charge in [-0.05, 0) is 41.7 Å². The predicted octanol–water partition coefficient (Wildman–Crippen LogP) is 2.67. The Morgan fingerprint density at radius 1 is 1.20 bits per heavy atom. The van der Waals surface area contributed by atoms with Gasteiger partial charge in [0.15, 0.2) is 0 Å². The molecule has 25 heavy (non-hydrogen) atoms. The number of benzene rings is 2. The molecule has 0 radical (unpaired) electrons. The van der Waals surface area contributed by atoms with E-state index in [0.717, 1.165) is 25.2 Å². The van der Waals surface area contributed by atoms with Crippen molar-refractivity contribution < 1.29 is 5.11 Å². The van der Waals surface area contributed by atoms with Gasteiger partial charge < -0.3 is 5.11 Å². The Bertz CT molecular complexity index is 860. The third kappa shape index (κ3) is 3.08. The molecule has 128 valence electrons. The number of aromatic nitrogens is 3. The van der Waals surface area contributed by atoms with E-state index in [4.69, 9.17) is 0 Å². The Kier molecular flexibility index (Phi) is 4.34. The Morgan fingerprint density at radius 2 is 2.08 bits per heavy atom. The van der Waals surface area contributed by atoms with Crippen LogP contribution in [0.25, 0.3) is 5.69 Å². The van der Waals surface area contributed by atoms with Crippen molar-refractivity contribution in [2.45, 2.75) is 25.9 Å². The van der Waals surface area contributed by atoms with Gasteiger partial charge in [-0.1, -0.05) is 36.4 Å². The average Bonchev–Trinajstić information content (AvgIpc) is 3.16. The van der Waals surface area contributed by atoms with Gasteiger partial charge in [0.2, 0.25) is 0 Å². The lowest BCUT2D eigenvalue weighted by Gasteiger charge is -2.36. The molecule has 0 saturated heterocycles. The summed E-state index contributed by atoms with van der Waals surface area (Å²) in [6, 6.07) is 14.9. The molecule has 1 aliphatic heterocycles. The van der Waals surface area contributed by atoms with Crippen LogP contribution < -0.4 is 0 Å². The van der Waals surface area contributed by atoms with Gasteiger partial charge >= 0.3 is 0 Å². The first-order chi connectivity index (χ1) is 12.3. The molecule has 5 heteroatoms. The molecule has 5 nitrogen and oxygen atoms in total. The summed E-state index contributed by atoms with van der Waals surface area (Å²) in [7, 11) is 0. The number of aliphatic hydroxyl groups is 1. The Morgan fingerprint density at radius 3 is 2.84 bits per heavy atom. The van der Waals surface area contributed by atoms with Gasteiger partial charge in [-0.25, -0.2) is 9.67 Å². The lowest BCUT2D eigenvalue weighted by atomic mass is 9.92. The second-order valence-corrected chi connectivity index (χ2v) is 6.58. The zero-order valence-electron chi connectivity index (χ0n) is 14.3. The van der Waals surface area contributed by atoms with Crippen LogP contribution in [0.5, 0.6) is 0 Å². The van der Waals surface area contributed by atoms with E-state index in [1.165, 1.54) is 22.3 Å². The van der Waals surface area contributed by atoms with Gasteiger partial charge in [-0.3, -0.25) is 4.90 Å². The van der Waals surface area contributed by atoms with Gasteiger partial charge in [0.1, 0.15) is 12.7 Å². The van der Waals surface area contributed by atoms with Crippen LogP contribution in [0.15, 0.2) is 55.1 Å². The number of aryl methyl sites for hydroxylation is 1. The molecule has 1 N–H and O–H groups in total. The molecule has 2 heterocycles. The minimum atomic E-state index is 0.0697. The van der Waals surface area contributed by atoms with Crippen molar-refractivity contribution in [3.63, 3.8) is 0 Å². The molecule has 0 spiro atoms. The van der Waals surface area contributed by atoms with Crippen LogP contribution in [0.2, 0.25) is 0 Å². The minimum Gasteiger partial charge on any atom is -0.394 e. The van der Waals surface area contributed by atoms with E-state index in [2.05, 4.69) is 64.4 Å². The van der Waals surface area contributed by atoms with E-state index in [9.17, 15) is 5.11 Å². The number of hydrogen-bond donors (Lipinski definition) is 1. The summed E-state index contributed by atoms with van der Waals surface area (Å²) in [5.74, 6) is 0. The van der Waals surface area contributed by atoms with Crippen LogP contribution in [0, 0.1) is 6.92 Å². The number of aliphatic hydroxyl groups excluding tert-OH is 1. The molecule has 0 amide bonds. The smallest absolute Gasteiger partial charge is 0.138 e. The van der Waals surface area contributed by atoms with E-state index < -0.39 is 0 Å². The van der Waals surface area contributed by atoms with Crippen molar-refractivity contribution in [2.75, 3.05) is 13.2 Å². The third-order valence-corrected chi connectivity index (χ3v) is 5.01. The fourth-order valence-corrected chi connectivity index (χ4v) is 3.75. The average molecular weight is 334 g/mol. The minimum absolute atomic E-state index is 0.0697. The maximum atomic E-state index is 9.95. The summed E-state index contributed by atoms with van der Waals surface area (Å²) in [6.07, 6.45) is 4.29. The van der Waals surface area contributed by atoms with Gasteiger partial charge in [0, 0.05) is 13.1 Å². The van der Waals surface area contributed by atoms with E-state index in [-0.39, 0.29) is 12.6 Å². The Hall–Kier alpha value is -2.50. The highest BCUT2D eigenvalue weighted by Gasteiger charge is 2.26. The molecule has 0 aliphatic carbocycles. The quantitative estimate of drug-likeness (QED) is 0.797. The summed E-state index contributed by atoms with van der Waals surface area (Å²) in [4.78, 5) is 6.38. The zero-order chi connectivity index (χ0) is 17.2. The highest BCUT2D eigenvalue weighted by molar-refractivity contribution is 5.42. The van der Waals surface area contributed by atoms with E-state index in [0.29, 0.717) is 0 Å². The van der Waals surface area contributed by atoms with Crippen LogP contribution in [0.3, 0.4) is 0 Å². The topological polar surface area (TPSA) is 54.2 Å². The summed E-state index contributed by atoms with van der Waals surface area (Å²) >= 11 is 0. The molecule has 0 fully saturated rings. The monoisotopic (exact) mass is 334 g/mol. The van der Waals surface area contributed by atoms with E-state index in [1.54, 1.807) is 17.3 Å². The van der Waals surface area contributed by atoms with Crippen LogP contribution in [-0.4, -0.2) is 37.9 Å². The second-order valence-electron chi connectivity index (χ2n) is 6.58. The molecule has 2 aromatic carbocycles. The largest absolute Gasteiger partial charge is 0.394 e. The number of hydrogen-bond acceptors (Lipinski definition) is 4. The zero-order valence-corrected chi connectivity index (χ0v) is 14.3. The van der Waals surface area contributed by atoms with E-state index >= 15 is 0 Å². The molecular formula is C20H22N4O. The van der Waals surface area contributed by atoms with Crippen molar-refractivity contribution in [1.29, 1.82) is 0 Å². The van der Waals surface area contributed by atoms with Crippen LogP contribution in [0.1, 0.15) is 28.3 Å². The number of rotatable bonds is 4. The first-order valence-corrected chi connectivity index (χ1v) is 8.63. The SMILES string of the molecule is Cc1cc(CN2CCc3ccccc3C2CO)ccc1-n1cncn1. The predicted molar refractivity (Wildman–Crippen MR) is 96.5 cm³/mol. The molecule has 0 bridgehead atoms. The highest BCUT2D eigenvalue weighted by atomic mass is 16.3. The van der Waals surface area contributed by atoms with Crippen molar-refractivity contribution in [2.24, 2.45) is 0 Å². The molecule has 4 rings (SSSR count). The van der Waals surface area contributed by atoms with Crippen LogP contribution >= 0.6 is 0 Å². The standard InChI is InChI=1S/C20H22N4O/c1-15-10-16(6-7-19(15)24-14-21-13-22-24)11-23-9-8-17-4-2-3-5-18(17)20(23)12-25/h2-7,10,13-14,20,25H,8-9,11-12H2,1H3. The number of nitrogens with zero attached hydrogens (tertiary/aromatic N) is 4. The maximum absolute atomic E-state index is 9.95. The molecule has 1 atom stereocenters. The van der Waals surface area contributed by atoms with Crippen molar-refractivity contribution in [1.82, 2.24) is 19.7 Å². The van der Waals surface area contributed by atoms with Crippen molar-refractivity contribution in [3.8, 4) is 5.69 Å². The van der Waals surface area contributed by atoms with Gasteiger partial charge in [-0.15, -0.1) is 0 Å². The van der Waals surface area contributed by atoms with E-state index in [1.807, 2.05) is 0 Å². The van der Waals surface area contributed by atoms with Crippen LogP contribution in [-0.2, 0) is 13.0 Å². The van der Waals surface area contributed by atoms with Gasteiger partial charge in [0.25, 0.3) is 0 Å². The second kappa shape index (κ2) is 6.78. The molecule has 0 saturated carbocycles. The summed E-state index contributed by atoms with van der Waals surface area (Å²) in [5, 5.41) is 14.2. The fraction of sp³-hybridized carbons (Fsp3) is 0.300.